The second-order valence-electron chi connectivity index (χ2n) is 6.45. The first-order valence-electron chi connectivity index (χ1n) is 8.83. The maximum absolute atomic E-state index is 12.9. The Morgan fingerprint density at radius 2 is 1.81 bits per heavy atom. The van der Waals surface area contributed by atoms with Crippen molar-refractivity contribution >= 4 is 28.3 Å². The molecule has 7 heteroatoms. The lowest BCUT2D eigenvalue weighted by Gasteiger charge is -2.26. The van der Waals surface area contributed by atoms with E-state index in [2.05, 4.69) is 10.4 Å². The number of rotatable bonds is 3. The van der Waals surface area contributed by atoms with E-state index in [1.165, 1.54) is 4.68 Å². The molecule has 1 aromatic heterocycles. The Morgan fingerprint density at radius 1 is 1.07 bits per heavy atom. The Hall–Kier alpha value is -3.19. The van der Waals surface area contributed by atoms with Crippen LogP contribution in [0.25, 0.3) is 10.8 Å². The summed E-state index contributed by atoms with van der Waals surface area (Å²) < 4.78 is 6.83. The number of fused-ring (bicyclic) bond motifs is 1. The number of aryl methyl sites for hydroxylation is 1. The van der Waals surface area contributed by atoms with Gasteiger partial charge in [0.15, 0.2) is 5.69 Å². The fraction of sp³-hybridized carbons (Fsp3) is 0.250. The molecule has 0 saturated carbocycles. The van der Waals surface area contributed by atoms with E-state index in [-0.39, 0.29) is 17.5 Å². The van der Waals surface area contributed by atoms with E-state index in [0.717, 1.165) is 10.8 Å². The summed E-state index contributed by atoms with van der Waals surface area (Å²) in [5.74, 6) is -0.469. The van der Waals surface area contributed by atoms with E-state index >= 15 is 0 Å². The van der Waals surface area contributed by atoms with E-state index in [1.54, 1.807) is 24.2 Å². The highest BCUT2D eigenvalue weighted by molar-refractivity contribution is 6.14. The summed E-state index contributed by atoms with van der Waals surface area (Å²) in [6.45, 7) is 2.06. The quantitative estimate of drug-likeness (QED) is 0.774. The van der Waals surface area contributed by atoms with Gasteiger partial charge in [-0.15, -0.1) is 0 Å². The average Bonchev–Trinajstić information content (AvgIpc) is 3.07. The standard InChI is InChI=1S/C20H20N4O3/c1-23-13-17(18(22-23)20(26)24-9-11-27-12-10-24)21-19(25)16-8-4-6-14-5-2-3-7-15(14)16/h2-8,13H,9-12H2,1H3,(H,21,25). The van der Waals surface area contributed by atoms with Crippen molar-refractivity contribution in [3.63, 3.8) is 0 Å². The monoisotopic (exact) mass is 364 g/mol. The number of anilines is 1. The number of benzene rings is 2. The van der Waals surface area contributed by atoms with Crippen LogP contribution in [0.4, 0.5) is 5.69 Å². The van der Waals surface area contributed by atoms with Gasteiger partial charge in [0, 0.05) is 31.9 Å². The van der Waals surface area contributed by atoms with Gasteiger partial charge in [-0.05, 0) is 16.8 Å². The molecule has 0 spiro atoms. The van der Waals surface area contributed by atoms with Gasteiger partial charge in [-0.2, -0.15) is 5.10 Å². The highest BCUT2D eigenvalue weighted by atomic mass is 16.5. The van der Waals surface area contributed by atoms with Crippen LogP contribution in [-0.2, 0) is 11.8 Å². The summed E-state index contributed by atoms with van der Waals surface area (Å²) in [5.41, 5.74) is 1.21. The molecule has 4 rings (SSSR count). The molecule has 27 heavy (non-hydrogen) atoms. The zero-order chi connectivity index (χ0) is 18.8. The molecule has 0 bridgehead atoms. The van der Waals surface area contributed by atoms with Gasteiger partial charge in [0.25, 0.3) is 11.8 Å². The lowest BCUT2D eigenvalue weighted by Crippen LogP contribution is -2.41. The van der Waals surface area contributed by atoms with Gasteiger partial charge >= 0.3 is 0 Å². The molecular formula is C20H20N4O3. The van der Waals surface area contributed by atoms with Crippen LogP contribution in [0.2, 0.25) is 0 Å². The van der Waals surface area contributed by atoms with Crippen LogP contribution in [-0.4, -0.2) is 52.8 Å². The summed E-state index contributed by atoms with van der Waals surface area (Å²) in [7, 11) is 1.73. The molecule has 1 saturated heterocycles. The van der Waals surface area contributed by atoms with Crippen molar-refractivity contribution in [3.8, 4) is 0 Å². The second kappa shape index (κ2) is 7.20. The van der Waals surface area contributed by atoms with E-state index in [4.69, 9.17) is 4.74 Å². The van der Waals surface area contributed by atoms with Crippen LogP contribution in [0.1, 0.15) is 20.8 Å². The average molecular weight is 364 g/mol. The Bertz CT molecular complexity index is 1000. The number of amides is 2. The van der Waals surface area contributed by atoms with Crippen LogP contribution in [0, 0.1) is 0 Å². The lowest BCUT2D eigenvalue weighted by atomic mass is 10.0. The Balaban J connectivity index is 1.62. The molecule has 1 fully saturated rings. The first kappa shape index (κ1) is 17.2. The lowest BCUT2D eigenvalue weighted by molar-refractivity contribution is 0.0299. The molecule has 1 aliphatic heterocycles. The molecule has 2 aromatic carbocycles. The first-order valence-corrected chi connectivity index (χ1v) is 8.83. The van der Waals surface area contributed by atoms with Gasteiger partial charge < -0.3 is 15.0 Å². The molecule has 138 valence electrons. The van der Waals surface area contributed by atoms with Crippen LogP contribution in [0.5, 0.6) is 0 Å². The van der Waals surface area contributed by atoms with Crippen molar-refractivity contribution in [1.82, 2.24) is 14.7 Å². The molecule has 1 aliphatic rings. The number of morpholine rings is 1. The molecule has 2 amide bonds. The Labute approximate surface area is 156 Å². The highest BCUT2D eigenvalue weighted by Crippen LogP contribution is 2.22. The molecule has 0 atom stereocenters. The normalized spacial score (nSPS) is 14.3. The molecular weight excluding hydrogens is 344 g/mol. The van der Waals surface area contributed by atoms with Gasteiger partial charge in [0.1, 0.15) is 0 Å². The summed E-state index contributed by atoms with van der Waals surface area (Å²) in [6.07, 6.45) is 1.65. The fourth-order valence-electron chi connectivity index (χ4n) is 3.27. The van der Waals surface area contributed by atoms with Crippen molar-refractivity contribution in [2.75, 3.05) is 31.6 Å². The first-order chi connectivity index (χ1) is 13.1. The summed E-state index contributed by atoms with van der Waals surface area (Å²) in [5, 5.41) is 8.97. The summed E-state index contributed by atoms with van der Waals surface area (Å²) >= 11 is 0. The topological polar surface area (TPSA) is 76.5 Å². The second-order valence-corrected chi connectivity index (χ2v) is 6.45. The number of carbonyl (C=O) groups excluding carboxylic acids is 2. The number of ether oxygens (including phenoxy) is 1. The van der Waals surface area contributed by atoms with Crippen molar-refractivity contribution in [1.29, 1.82) is 0 Å². The minimum absolute atomic E-state index is 0.202. The molecule has 2 heterocycles. The van der Waals surface area contributed by atoms with Gasteiger partial charge in [-0.1, -0.05) is 36.4 Å². The SMILES string of the molecule is Cn1cc(NC(=O)c2cccc3ccccc23)c(C(=O)N2CCOCC2)n1. The van der Waals surface area contributed by atoms with Crippen LogP contribution in [0.3, 0.4) is 0 Å². The maximum atomic E-state index is 12.9. The largest absolute Gasteiger partial charge is 0.378 e. The van der Waals surface area contributed by atoms with Gasteiger partial charge in [-0.3, -0.25) is 14.3 Å². The third-order valence-electron chi connectivity index (χ3n) is 4.61. The molecule has 0 radical (unpaired) electrons. The Kier molecular flexibility index (Phi) is 4.60. The minimum atomic E-state index is -0.268. The number of carbonyl (C=O) groups is 2. The van der Waals surface area contributed by atoms with E-state index in [9.17, 15) is 9.59 Å². The van der Waals surface area contributed by atoms with Crippen LogP contribution >= 0.6 is 0 Å². The van der Waals surface area contributed by atoms with Crippen LogP contribution < -0.4 is 5.32 Å². The van der Waals surface area contributed by atoms with Gasteiger partial charge in [-0.25, -0.2) is 0 Å². The third-order valence-corrected chi connectivity index (χ3v) is 4.61. The Morgan fingerprint density at radius 3 is 2.63 bits per heavy atom. The number of nitrogens with zero attached hydrogens (tertiary/aromatic N) is 3. The zero-order valence-corrected chi connectivity index (χ0v) is 15.0. The predicted octanol–water partition coefficient (Wildman–Crippen LogP) is 2.30. The van der Waals surface area contributed by atoms with Gasteiger partial charge in [0.05, 0.1) is 18.9 Å². The molecule has 0 aliphatic carbocycles. The van der Waals surface area contributed by atoms with E-state index < -0.39 is 0 Å². The predicted molar refractivity (Wildman–Crippen MR) is 102 cm³/mol. The molecule has 7 nitrogen and oxygen atoms in total. The van der Waals surface area contributed by atoms with Crippen molar-refractivity contribution in [3.05, 3.63) is 59.9 Å². The van der Waals surface area contributed by atoms with Crippen molar-refractivity contribution in [2.45, 2.75) is 0 Å². The minimum Gasteiger partial charge on any atom is -0.378 e. The molecule has 0 unspecified atom stereocenters. The van der Waals surface area contributed by atoms with Crippen molar-refractivity contribution < 1.29 is 14.3 Å². The zero-order valence-electron chi connectivity index (χ0n) is 15.0. The number of nitrogens with one attached hydrogen (secondary N) is 1. The van der Waals surface area contributed by atoms with Gasteiger partial charge in [0.2, 0.25) is 0 Å². The maximum Gasteiger partial charge on any atom is 0.276 e. The molecule has 1 N–H and O–H groups in total. The smallest absolute Gasteiger partial charge is 0.276 e. The highest BCUT2D eigenvalue weighted by Gasteiger charge is 2.25. The fourth-order valence-corrected chi connectivity index (χ4v) is 3.27. The van der Waals surface area contributed by atoms with Crippen molar-refractivity contribution in [2.24, 2.45) is 7.05 Å². The number of hydrogen-bond acceptors (Lipinski definition) is 4. The molecule has 3 aromatic rings. The van der Waals surface area contributed by atoms with Crippen LogP contribution in [0.15, 0.2) is 48.7 Å². The number of aromatic nitrogens is 2. The van der Waals surface area contributed by atoms with E-state index in [0.29, 0.717) is 37.6 Å². The summed E-state index contributed by atoms with van der Waals surface area (Å²) in [6, 6.07) is 13.3. The van der Waals surface area contributed by atoms with E-state index in [1.807, 2.05) is 36.4 Å². The third kappa shape index (κ3) is 3.41. The number of hydrogen-bond donors (Lipinski definition) is 1. The summed E-state index contributed by atoms with van der Waals surface area (Å²) in [4.78, 5) is 27.4.